The maximum Gasteiger partial charge on any atom is 0.161 e. The van der Waals surface area contributed by atoms with Gasteiger partial charge in [0.15, 0.2) is 11.5 Å². The molecule has 0 saturated carbocycles. The molecule has 1 rings (SSSR count). The molecule has 1 aromatic carbocycles. The molecule has 1 aromatic rings. The predicted octanol–water partition coefficient (Wildman–Crippen LogP) is 1.60. The summed E-state index contributed by atoms with van der Waals surface area (Å²) in [6.07, 6.45) is 3.87. The van der Waals surface area contributed by atoms with Gasteiger partial charge in [0.1, 0.15) is 0 Å². The summed E-state index contributed by atoms with van der Waals surface area (Å²) < 4.78 is 10.4. The first kappa shape index (κ1) is 13.4. The molecule has 0 bridgehead atoms. The van der Waals surface area contributed by atoms with Gasteiger partial charge < -0.3 is 19.5 Å². The summed E-state index contributed by atoms with van der Waals surface area (Å²) in [4.78, 5) is 1.91. The van der Waals surface area contributed by atoms with Crippen molar-refractivity contribution in [3.8, 4) is 11.5 Å². The summed E-state index contributed by atoms with van der Waals surface area (Å²) in [6.45, 7) is 0.760. The summed E-state index contributed by atoms with van der Waals surface area (Å²) in [5.74, 6) is 1.42. The molecule has 0 amide bonds. The molecule has 4 heteroatoms. The molecule has 0 aliphatic carbocycles. The van der Waals surface area contributed by atoms with Crippen molar-refractivity contribution < 1.29 is 14.6 Å². The molecule has 17 heavy (non-hydrogen) atoms. The van der Waals surface area contributed by atoms with E-state index in [9.17, 15) is 0 Å². The number of rotatable bonds is 6. The van der Waals surface area contributed by atoms with Crippen LogP contribution in [0.3, 0.4) is 0 Å². The highest BCUT2D eigenvalue weighted by Crippen LogP contribution is 2.27. The number of ether oxygens (including phenoxy) is 2. The van der Waals surface area contributed by atoms with Crippen LogP contribution < -0.4 is 9.47 Å². The number of benzene rings is 1. The fraction of sp³-hybridized carbons (Fsp3) is 0.385. The highest BCUT2D eigenvalue weighted by molar-refractivity contribution is 5.55. The van der Waals surface area contributed by atoms with Crippen LogP contribution >= 0.6 is 0 Å². The Morgan fingerprint density at radius 1 is 1.24 bits per heavy atom. The SMILES string of the molecule is COc1ccc(C=CN(C)CCO)cc1OC. The van der Waals surface area contributed by atoms with Crippen molar-refractivity contribution in [2.75, 3.05) is 34.4 Å². The second-order valence-electron chi connectivity index (χ2n) is 3.63. The number of nitrogens with zero attached hydrogens (tertiary/aromatic N) is 1. The first-order chi connectivity index (χ1) is 8.21. The van der Waals surface area contributed by atoms with Gasteiger partial charge in [0.2, 0.25) is 0 Å². The quantitative estimate of drug-likeness (QED) is 0.816. The zero-order valence-electron chi connectivity index (χ0n) is 10.5. The van der Waals surface area contributed by atoms with Crippen LogP contribution in [0.5, 0.6) is 11.5 Å². The molecule has 0 aromatic heterocycles. The van der Waals surface area contributed by atoms with E-state index in [-0.39, 0.29) is 6.61 Å². The second kappa shape index (κ2) is 6.81. The molecule has 4 nitrogen and oxygen atoms in total. The molecule has 0 spiro atoms. The monoisotopic (exact) mass is 237 g/mol. The average Bonchev–Trinajstić information content (AvgIpc) is 2.36. The predicted molar refractivity (Wildman–Crippen MR) is 68.3 cm³/mol. The Bertz CT molecular complexity index is 377. The van der Waals surface area contributed by atoms with E-state index in [0.717, 1.165) is 5.56 Å². The molecule has 0 saturated heterocycles. The third-order valence-electron chi connectivity index (χ3n) is 2.38. The van der Waals surface area contributed by atoms with Gasteiger partial charge in [-0.05, 0) is 30.0 Å². The van der Waals surface area contributed by atoms with Gasteiger partial charge in [0, 0.05) is 13.6 Å². The van der Waals surface area contributed by atoms with Gasteiger partial charge in [-0.1, -0.05) is 6.07 Å². The molecule has 1 N–H and O–H groups in total. The Hall–Kier alpha value is -1.68. The molecule has 0 heterocycles. The smallest absolute Gasteiger partial charge is 0.161 e. The molecular formula is C13H19NO3. The van der Waals surface area contributed by atoms with Gasteiger partial charge in [0.05, 0.1) is 20.8 Å². The van der Waals surface area contributed by atoms with E-state index in [1.165, 1.54) is 0 Å². The molecule has 0 atom stereocenters. The Morgan fingerprint density at radius 3 is 2.53 bits per heavy atom. The molecule has 94 valence electrons. The topological polar surface area (TPSA) is 41.9 Å². The lowest BCUT2D eigenvalue weighted by Crippen LogP contribution is -2.14. The van der Waals surface area contributed by atoms with Crippen molar-refractivity contribution >= 4 is 6.08 Å². The lowest BCUT2D eigenvalue weighted by atomic mass is 10.2. The number of hydrogen-bond donors (Lipinski definition) is 1. The van der Waals surface area contributed by atoms with Gasteiger partial charge in [-0.25, -0.2) is 0 Å². The number of hydrogen-bond acceptors (Lipinski definition) is 4. The number of methoxy groups -OCH3 is 2. The van der Waals surface area contributed by atoms with Crippen LogP contribution in [0.15, 0.2) is 24.4 Å². The minimum atomic E-state index is 0.146. The van der Waals surface area contributed by atoms with Crippen LogP contribution in [0.4, 0.5) is 0 Å². The standard InChI is InChI=1S/C13H19NO3/c1-14(8-9-15)7-6-11-4-5-12(16-2)13(10-11)17-3/h4-7,10,15H,8-9H2,1-3H3. The zero-order chi connectivity index (χ0) is 12.7. The van der Waals surface area contributed by atoms with E-state index in [4.69, 9.17) is 14.6 Å². The lowest BCUT2D eigenvalue weighted by Gasteiger charge is -2.11. The largest absolute Gasteiger partial charge is 0.493 e. The zero-order valence-corrected chi connectivity index (χ0v) is 10.5. The van der Waals surface area contributed by atoms with E-state index in [1.54, 1.807) is 14.2 Å². The molecular weight excluding hydrogens is 218 g/mol. The van der Waals surface area contributed by atoms with E-state index in [0.29, 0.717) is 18.0 Å². The van der Waals surface area contributed by atoms with E-state index in [2.05, 4.69) is 0 Å². The highest BCUT2D eigenvalue weighted by atomic mass is 16.5. The Labute approximate surface area is 102 Å². The van der Waals surface area contributed by atoms with Crippen LogP contribution in [0.1, 0.15) is 5.56 Å². The highest BCUT2D eigenvalue weighted by Gasteiger charge is 2.02. The van der Waals surface area contributed by atoms with Crippen LogP contribution in [0.2, 0.25) is 0 Å². The van der Waals surface area contributed by atoms with Crippen molar-refractivity contribution in [3.05, 3.63) is 30.0 Å². The van der Waals surface area contributed by atoms with Crippen molar-refractivity contribution in [2.45, 2.75) is 0 Å². The van der Waals surface area contributed by atoms with Crippen molar-refractivity contribution in [3.63, 3.8) is 0 Å². The first-order valence-electron chi connectivity index (χ1n) is 5.42. The van der Waals surface area contributed by atoms with Crippen molar-refractivity contribution in [1.29, 1.82) is 0 Å². The summed E-state index contributed by atoms with van der Waals surface area (Å²) in [7, 11) is 5.14. The number of likely N-dealkylation sites (N-methyl/N-ethyl adjacent to an activating group) is 1. The van der Waals surface area contributed by atoms with Crippen LogP contribution in [0, 0.1) is 0 Å². The third-order valence-corrected chi connectivity index (χ3v) is 2.38. The van der Waals surface area contributed by atoms with Crippen LogP contribution in [-0.2, 0) is 0 Å². The summed E-state index contributed by atoms with van der Waals surface area (Å²) in [5.41, 5.74) is 1.02. The van der Waals surface area contributed by atoms with Gasteiger partial charge in [-0.15, -0.1) is 0 Å². The van der Waals surface area contributed by atoms with E-state index >= 15 is 0 Å². The minimum Gasteiger partial charge on any atom is -0.493 e. The summed E-state index contributed by atoms with van der Waals surface area (Å²) >= 11 is 0. The van der Waals surface area contributed by atoms with Crippen LogP contribution in [-0.4, -0.2) is 44.4 Å². The van der Waals surface area contributed by atoms with Gasteiger partial charge >= 0.3 is 0 Å². The second-order valence-corrected chi connectivity index (χ2v) is 3.63. The summed E-state index contributed by atoms with van der Waals surface area (Å²) in [5, 5.41) is 8.77. The van der Waals surface area contributed by atoms with E-state index < -0.39 is 0 Å². The van der Waals surface area contributed by atoms with Gasteiger partial charge in [-0.3, -0.25) is 0 Å². The van der Waals surface area contributed by atoms with Gasteiger partial charge in [-0.2, -0.15) is 0 Å². The lowest BCUT2D eigenvalue weighted by molar-refractivity contribution is 0.254. The Morgan fingerprint density at radius 2 is 1.94 bits per heavy atom. The van der Waals surface area contributed by atoms with E-state index in [1.807, 2.05) is 42.4 Å². The Kier molecular flexibility index (Phi) is 5.36. The third kappa shape index (κ3) is 4.00. The van der Waals surface area contributed by atoms with Crippen molar-refractivity contribution in [1.82, 2.24) is 4.90 Å². The normalized spacial score (nSPS) is 10.6. The fourth-order valence-electron chi connectivity index (χ4n) is 1.40. The minimum absolute atomic E-state index is 0.146. The molecule has 0 fully saturated rings. The van der Waals surface area contributed by atoms with Gasteiger partial charge in [0.25, 0.3) is 0 Å². The average molecular weight is 237 g/mol. The first-order valence-corrected chi connectivity index (χ1v) is 5.42. The molecule has 0 aliphatic rings. The maximum atomic E-state index is 8.77. The number of aliphatic hydroxyl groups is 1. The van der Waals surface area contributed by atoms with Crippen molar-refractivity contribution in [2.24, 2.45) is 0 Å². The fourth-order valence-corrected chi connectivity index (χ4v) is 1.40. The molecule has 0 unspecified atom stereocenters. The maximum absolute atomic E-state index is 8.77. The van der Waals surface area contributed by atoms with Crippen LogP contribution in [0.25, 0.3) is 6.08 Å². The molecule has 0 radical (unpaired) electrons. The Balaban J connectivity index is 2.78. The number of aliphatic hydroxyl groups excluding tert-OH is 1. The molecule has 0 aliphatic heterocycles. The summed E-state index contributed by atoms with van der Waals surface area (Å²) in [6, 6.07) is 5.72.